The van der Waals surface area contributed by atoms with E-state index in [1.807, 2.05) is 0 Å². The first-order valence-corrected chi connectivity index (χ1v) is 6.63. The molecule has 2 fully saturated rings. The van der Waals surface area contributed by atoms with Crippen molar-refractivity contribution in [3.8, 4) is 0 Å². The van der Waals surface area contributed by atoms with Crippen molar-refractivity contribution in [2.24, 2.45) is 16.6 Å². The van der Waals surface area contributed by atoms with E-state index in [1.165, 1.54) is 32.1 Å². The van der Waals surface area contributed by atoms with Crippen LogP contribution < -0.4 is 5.73 Å². The summed E-state index contributed by atoms with van der Waals surface area (Å²) in [5, 5.41) is 0. The highest BCUT2D eigenvalue weighted by Crippen LogP contribution is 2.27. The zero-order valence-electron chi connectivity index (χ0n) is 10.4. The lowest BCUT2D eigenvalue weighted by atomic mass is 9.87. The van der Waals surface area contributed by atoms with Gasteiger partial charge in [0.15, 0.2) is 0 Å². The SMILES string of the molecule is CC1(N=C(N)C2CCCCC2)CCCOC1. The molecule has 0 aromatic carbocycles. The van der Waals surface area contributed by atoms with Crippen molar-refractivity contribution in [3.63, 3.8) is 0 Å². The summed E-state index contributed by atoms with van der Waals surface area (Å²) in [5.74, 6) is 1.42. The second-order valence-electron chi connectivity index (χ2n) is 5.52. The maximum absolute atomic E-state index is 6.16. The number of hydrogen-bond acceptors (Lipinski definition) is 2. The molecule has 0 bridgehead atoms. The zero-order valence-corrected chi connectivity index (χ0v) is 10.4. The maximum atomic E-state index is 6.16. The van der Waals surface area contributed by atoms with Gasteiger partial charge in [-0.2, -0.15) is 0 Å². The Morgan fingerprint density at radius 2 is 2.00 bits per heavy atom. The quantitative estimate of drug-likeness (QED) is 0.578. The first-order valence-electron chi connectivity index (χ1n) is 6.63. The molecule has 2 aliphatic rings. The first kappa shape index (κ1) is 11.9. The Labute approximate surface area is 98.5 Å². The number of ether oxygens (including phenoxy) is 1. The van der Waals surface area contributed by atoms with Crippen LogP contribution in [0.25, 0.3) is 0 Å². The van der Waals surface area contributed by atoms with Crippen molar-refractivity contribution >= 4 is 5.84 Å². The van der Waals surface area contributed by atoms with Crippen LogP contribution in [0.2, 0.25) is 0 Å². The standard InChI is InChI=1S/C13H24N2O/c1-13(8-5-9-16-10-13)15-12(14)11-6-3-2-4-7-11/h11H,2-10H2,1H3,(H2,14,15). The van der Waals surface area contributed by atoms with Gasteiger partial charge in [-0.15, -0.1) is 0 Å². The van der Waals surface area contributed by atoms with Gasteiger partial charge in [0, 0.05) is 12.5 Å². The Kier molecular flexibility index (Phi) is 3.85. The molecular formula is C13H24N2O. The summed E-state index contributed by atoms with van der Waals surface area (Å²) in [4.78, 5) is 4.76. The molecular weight excluding hydrogens is 200 g/mol. The summed E-state index contributed by atoms with van der Waals surface area (Å²) in [7, 11) is 0. The van der Waals surface area contributed by atoms with Crippen LogP contribution in [-0.4, -0.2) is 24.6 Å². The predicted octanol–water partition coefficient (Wildman–Crippen LogP) is 2.49. The van der Waals surface area contributed by atoms with Crippen molar-refractivity contribution in [1.29, 1.82) is 0 Å². The molecule has 92 valence electrons. The van der Waals surface area contributed by atoms with Crippen molar-refractivity contribution in [2.45, 2.75) is 57.4 Å². The number of nitrogens with zero attached hydrogens (tertiary/aromatic N) is 1. The van der Waals surface area contributed by atoms with Gasteiger partial charge >= 0.3 is 0 Å². The van der Waals surface area contributed by atoms with Gasteiger partial charge in [0.2, 0.25) is 0 Å². The Bertz CT molecular complexity index is 251. The number of aliphatic imine (C=N–C) groups is 1. The Morgan fingerprint density at radius 1 is 1.25 bits per heavy atom. The Morgan fingerprint density at radius 3 is 2.62 bits per heavy atom. The third kappa shape index (κ3) is 2.97. The van der Waals surface area contributed by atoms with E-state index >= 15 is 0 Å². The molecule has 1 aliphatic carbocycles. The van der Waals surface area contributed by atoms with E-state index in [1.54, 1.807) is 0 Å². The second-order valence-corrected chi connectivity index (χ2v) is 5.52. The second kappa shape index (κ2) is 5.17. The maximum Gasteiger partial charge on any atom is 0.0976 e. The summed E-state index contributed by atoms with van der Waals surface area (Å²) in [6.45, 7) is 3.79. The number of nitrogens with two attached hydrogens (primary N) is 1. The van der Waals surface area contributed by atoms with Crippen molar-refractivity contribution in [1.82, 2.24) is 0 Å². The van der Waals surface area contributed by atoms with Crippen LogP contribution in [0.1, 0.15) is 51.9 Å². The molecule has 2 N–H and O–H groups in total. The average molecular weight is 224 g/mol. The predicted molar refractivity (Wildman–Crippen MR) is 66.7 cm³/mol. The molecule has 3 heteroatoms. The normalized spacial score (nSPS) is 33.9. The molecule has 1 heterocycles. The van der Waals surface area contributed by atoms with Crippen molar-refractivity contribution < 1.29 is 4.74 Å². The third-order valence-electron chi connectivity index (χ3n) is 3.84. The third-order valence-corrected chi connectivity index (χ3v) is 3.84. The van der Waals surface area contributed by atoms with Crippen LogP contribution in [0.4, 0.5) is 0 Å². The highest BCUT2D eigenvalue weighted by atomic mass is 16.5. The average Bonchev–Trinajstić information content (AvgIpc) is 2.30. The van der Waals surface area contributed by atoms with Crippen LogP contribution in [0.15, 0.2) is 4.99 Å². The molecule has 1 saturated heterocycles. The van der Waals surface area contributed by atoms with E-state index in [2.05, 4.69) is 6.92 Å². The summed E-state index contributed by atoms with van der Waals surface area (Å²) in [6.07, 6.45) is 8.67. The summed E-state index contributed by atoms with van der Waals surface area (Å²) in [5.41, 5.74) is 6.10. The van der Waals surface area contributed by atoms with Gasteiger partial charge in [0.05, 0.1) is 18.0 Å². The largest absolute Gasteiger partial charge is 0.387 e. The number of amidine groups is 1. The van der Waals surface area contributed by atoms with E-state index in [4.69, 9.17) is 15.5 Å². The van der Waals surface area contributed by atoms with Gasteiger partial charge in [-0.3, -0.25) is 4.99 Å². The van der Waals surface area contributed by atoms with Gasteiger partial charge in [-0.25, -0.2) is 0 Å². The monoisotopic (exact) mass is 224 g/mol. The fraction of sp³-hybridized carbons (Fsp3) is 0.923. The lowest BCUT2D eigenvalue weighted by molar-refractivity contribution is 0.0465. The summed E-state index contributed by atoms with van der Waals surface area (Å²) < 4.78 is 5.51. The molecule has 1 unspecified atom stereocenters. The minimum Gasteiger partial charge on any atom is -0.387 e. The van der Waals surface area contributed by atoms with E-state index in [-0.39, 0.29) is 5.54 Å². The minimum absolute atomic E-state index is 0.0558. The Balaban J connectivity index is 1.97. The smallest absolute Gasteiger partial charge is 0.0976 e. The fourth-order valence-corrected chi connectivity index (χ4v) is 2.81. The van der Waals surface area contributed by atoms with Crippen LogP contribution in [0.3, 0.4) is 0 Å². The lowest BCUT2D eigenvalue weighted by Gasteiger charge is -2.31. The topological polar surface area (TPSA) is 47.6 Å². The molecule has 0 amide bonds. The van der Waals surface area contributed by atoms with Crippen molar-refractivity contribution in [3.05, 3.63) is 0 Å². The van der Waals surface area contributed by atoms with E-state index in [0.717, 1.165) is 31.9 Å². The number of rotatable bonds is 2. The van der Waals surface area contributed by atoms with Gasteiger partial charge in [-0.05, 0) is 32.6 Å². The van der Waals surface area contributed by atoms with Crippen LogP contribution in [0.5, 0.6) is 0 Å². The molecule has 1 aliphatic heterocycles. The van der Waals surface area contributed by atoms with E-state index < -0.39 is 0 Å². The summed E-state index contributed by atoms with van der Waals surface area (Å²) >= 11 is 0. The van der Waals surface area contributed by atoms with Gasteiger partial charge in [-0.1, -0.05) is 19.3 Å². The highest BCUT2D eigenvalue weighted by Gasteiger charge is 2.28. The van der Waals surface area contributed by atoms with Crippen LogP contribution >= 0.6 is 0 Å². The summed E-state index contributed by atoms with van der Waals surface area (Å²) in [6, 6.07) is 0. The van der Waals surface area contributed by atoms with Gasteiger partial charge in [0.1, 0.15) is 0 Å². The minimum atomic E-state index is -0.0558. The van der Waals surface area contributed by atoms with Crippen molar-refractivity contribution in [2.75, 3.05) is 13.2 Å². The molecule has 0 radical (unpaired) electrons. The molecule has 0 aromatic heterocycles. The Hall–Kier alpha value is -0.570. The fourth-order valence-electron chi connectivity index (χ4n) is 2.81. The first-order chi connectivity index (χ1) is 7.70. The molecule has 0 spiro atoms. The molecule has 1 atom stereocenters. The molecule has 1 saturated carbocycles. The zero-order chi connectivity index (χ0) is 11.4. The molecule has 3 nitrogen and oxygen atoms in total. The lowest BCUT2D eigenvalue weighted by Crippen LogP contribution is -2.38. The van der Waals surface area contributed by atoms with E-state index in [9.17, 15) is 0 Å². The van der Waals surface area contributed by atoms with Gasteiger partial charge in [0.25, 0.3) is 0 Å². The van der Waals surface area contributed by atoms with E-state index in [0.29, 0.717) is 5.92 Å². The van der Waals surface area contributed by atoms with Gasteiger partial charge < -0.3 is 10.5 Å². The number of hydrogen-bond donors (Lipinski definition) is 1. The van der Waals surface area contributed by atoms with Crippen LogP contribution in [0, 0.1) is 5.92 Å². The van der Waals surface area contributed by atoms with Crippen LogP contribution in [-0.2, 0) is 4.74 Å². The molecule has 0 aromatic rings. The molecule has 16 heavy (non-hydrogen) atoms. The highest BCUT2D eigenvalue weighted by molar-refractivity contribution is 5.83. The molecule has 2 rings (SSSR count).